The summed E-state index contributed by atoms with van der Waals surface area (Å²) >= 11 is 0. The van der Waals surface area contributed by atoms with Gasteiger partial charge in [0.15, 0.2) is 5.82 Å². The van der Waals surface area contributed by atoms with Gasteiger partial charge in [-0.1, -0.05) is 25.2 Å². The van der Waals surface area contributed by atoms with Gasteiger partial charge in [-0.25, -0.2) is 9.97 Å². The van der Waals surface area contributed by atoms with Crippen LogP contribution in [0.15, 0.2) is 31.0 Å². The Kier molecular flexibility index (Phi) is 4.37. The molecular formula is C20H23N3. The SMILES string of the molecule is C=C/C(=c1/c(C)nc(-c2ccnc(C)c2)n/c1=C/C)C1CCC1. The molecule has 1 fully saturated rings. The maximum atomic E-state index is 4.81. The molecular weight excluding hydrogens is 282 g/mol. The van der Waals surface area contributed by atoms with E-state index in [9.17, 15) is 0 Å². The molecule has 2 heterocycles. The van der Waals surface area contributed by atoms with E-state index in [-0.39, 0.29) is 0 Å². The van der Waals surface area contributed by atoms with Crippen LogP contribution in [0.1, 0.15) is 37.6 Å². The number of hydrogen-bond acceptors (Lipinski definition) is 3. The summed E-state index contributed by atoms with van der Waals surface area (Å²) in [6, 6.07) is 3.99. The van der Waals surface area contributed by atoms with Crippen LogP contribution < -0.4 is 10.6 Å². The first-order chi connectivity index (χ1) is 11.1. The second-order valence-electron chi connectivity index (χ2n) is 6.15. The smallest absolute Gasteiger partial charge is 0.160 e. The lowest BCUT2D eigenvalue weighted by atomic mass is 9.78. The normalized spacial score (nSPS) is 16.9. The zero-order valence-electron chi connectivity index (χ0n) is 14.1. The maximum absolute atomic E-state index is 4.81. The molecule has 3 nitrogen and oxygen atoms in total. The Balaban J connectivity index is 2.25. The summed E-state index contributed by atoms with van der Waals surface area (Å²) in [5.41, 5.74) is 4.32. The molecule has 1 aliphatic carbocycles. The molecule has 23 heavy (non-hydrogen) atoms. The minimum atomic E-state index is 0.613. The summed E-state index contributed by atoms with van der Waals surface area (Å²) in [6.07, 6.45) is 9.68. The van der Waals surface area contributed by atoms with Gasteiger partial charge in [-0.2, -0.15) is 0 Å². The van der Waals surface area contributed by atoms with Gasteiger partial charge in [0.1, 0.15) is 0 Å². The van der Waals surface area contributed by atoms with Gasteiger partial charge in [-0.3, -0.25) is 4.98 Å². The lowest BCUT2D eigenvalue weighted by molar-refractivity contribution is 0.400. The van der Waals surface area contributed by atoms with Crippen LogP contribution in [0.2, 0.25) is 0 Å². The van der Waals surface area contributed by atoms with E-state index in [4.69, 9.17) is 9.97 Å². The Bertz CT molecular complexity index is 861. The summed E-state index contributed by atoms with van der Waals surface area (Å²) in [4.78, 5) is 13.8. The molecule has 0 atom stereocenters. The maximum Gasteiger partial charge on any atom is 0.160 e. The van der Waals surface area contributed by atoms with Gasteiger partial charge in [0, 0.05) is 28.4 Å². The van der Waals surface area contributed by atoms with Crippen LogP contribution in [0.4, 0.5) is 0 Å². The molecule has 1 saturated carbocycles. The van der Waals surface area contributed by atoms with Crippen LogP contribution in [0, 0.1) is 19.8 Å². The third-order valence-corrected chi connectivity index (χ3v) is 4.60. The van der Waals surface area contributed by atoms with Crippen molar-refractivity contribution in [2.24, 2.45) is 5.92 Å². The van der Waals surface area contributed by atoms with Gasteiger partial charge in [0.2, 0.25) is 0 Å². The number of allylic oxidation sites excluding steroid dienone is 1. The van der Waals surface area contributed by atoms with Gasteiger partial charge in [0.05, 0.1) is 5.35 Å². The van der Waals surface area contributed by atoms with E-state index >= 15 is 0 Å². The average Bonchev–Trinajstić information content (AvgIpc) is 2.50. The number of pyridine rings is 1. The van der Waals surface area contributed by atoms with Crippen LogP contribution in [-0.4, -0.2) is 15.0 Å². The molecule has 0 saturated heterocycles. The fourth-order valence-electron chi connectivity index (χ4n) is 3.17. The Morgan fingerprint density at radius 2 is 2.04 bits per heavy atom. The molecule has 118 valence electrons. The minimum Gasteiger partial charge on any atom is -0.262 e. The molecule has 3 rings (SSSR count). The number of nitrogens with zero attached hydrogens (tertiary/aromatic N) is 3. The fraction of sp³-hybridized carbons (Fsp3) is 0.350. The van der Waals surface area contributed by atoms with E-state index < -0.39 is 0 Å². The van der Waals surface area contributed by atoms with Crippen molar-refractivity contribution in [2.75, 3.05) is 0 Å². The number of aryl methyl sites for hydroxylation is 2. The molecule has 0 radical (unpaired) electrons. The number of hydrogen-bond donors (Lipinski definition) is 0. The highest BCUT2D eigenvalue weighted by atomic mass is 14.9. The standard InChI is InChI=1S/C20H23N3/c1-5-17(15-8-7-9-15)19-14(4)22-20(23-18(19)6-2)16-10-11-21-13(3)12-16/h5-6,10-12,15H,1,7-9H2,2-4H3/b18-6+,19-17+. The van der Waals surface area contributed by atoms with E-state index in [0.717, 1.165) is 28.1 Å². The van der Waals surface area contributed by atoms with E-state index in [1.807, 2.05) is 38.3 Å². The van der Waals surface area contributed by atoms with Crippen LogP contribution in [-0.2, 0) is 0 Å². The van der Waals surface area contributed by atoms with Crippen LogP contribution in [0.5, 0.6) is 0 Å². The molecule has 0 spiro atoms. The van der Waals surface area contributed by atoms with Gasteiger partial charge in [-0.15, -0.1) is 0 Å². The van der Waals surface area contributed by atoms with Crippen molar-refractivity contribution in [1.82, 2.24) is 15.0 Å². The predicted molar refractivity (Wildman–Crippen MR) is 95.1 cm³/mol. The van der Waals surface area contributed by atoms with Crippen molar-refractivity contribution in [3.8, 4) is 11.4 Å². The molecule has 0 aliphatic heterocycles. The highest BCUT2D eigenvalue weighted by Crippen LogP contribution is 2.33. The van der Waals surface area contributed by atoms with Crippen LogP contribution in [0.25, 0.3) is 23.0 Å². The van der Waals surface area contributed by atoms with Gasteiger partial charge >= 0.3 is 0 Å². The van der Waals surface area contributed by atoms with E-state index in [2.05, 4.69) is 24.6 Å². The number of rotatable bonds is 3. The number of aromatic nitrogens is 3. The first-order valence-electron chi connectivity index (χ1n) is 8.24. The molecule has 2 aromatic rings. The molecule has 0 N–H and O–H groups in total. The van der Waals surface area contributed by atoms with Crippen molar-refractivity contribution < 1.29 is 0 Å². The highest BCUT2D eigenvalue weighted by molar-refractivity contribution is 5.61. The Labute approximate surface area is 137 Å². The zero-order chi connectivity index (χ0) is 16.4. The van der Waals surface area contributed by atoms with Crippen LogP contribution in [0.3, 0.4) is 0 Å². The largest absolute Gasteiger partial charge is 0.262 e. The molecule has 3 heteroatoms. The molecule has 1 aliphatic rings. The second-order valence-corrected chi connectivity index (χ2v) is 6.15. The first-order valence-corrected chi connectivity index (χ1v) is 8.24. The van der Waals surface area contributed by atoms with E-state index in [1.165, 1.54) is 30.1 Å². The first kappa shape index (κ1) is 15.6. The Morgan fingerprint density at radius 3 is 2.61 bits per heavy atom. The summed E-state index contributed by atoms with van der Waals surface area (Å²) in [5.74, 6) is 1.38. The molecule has 0 aromatic carbocycles. The highest BCUT2D eigenvalue weighted by Gasteiger charge is 2.21. The summed E-state index contributed by atoms with van der Waals surface area (Å²) in [6.45, 7) is 10.1. The monoisotopic (exact) mass is 305 g/mol. The quantitative estimate of drug-likeness (QED) is 0.874. The van der Waals surface area contributed by atoms with Crippen molar-refractivity contribution >= 4 is 11.6 Å². The molecule has 0 unspecified atom stereocenters. The van der Waals surface area contributed by atoms with Gasteiger partial charge < -0.3 is 0 Å². The Hall–Kier alpha value is -2.29. The lowest BCUT2D eigenvalue weighted by Crippen LogP contribution is -2.36. The van der Waals surface area contributed by atoms with E-state index in [1.54, 1.807) is 0 Å². The average molecular weight is 305 g/mol. The molecule has 0 bridgehead atoms. The molecule has 2 aromatic heterocycles. The topological polar surface area (TPSA) is 38.7 Å². The minimum absolute atomic E-state index is 0.613. The van der Waals surface area contributed by atoms with Crippen molar-refractivity contribution in [3.63, 3.8) is 0 Å². The second kappa shape index (κ2) is 6.45. The predicted octanol–water partition coefficient (Wildman–Crippen LogP) is 3.09. The van der Waals surface area contributed by atoms with Crippen LogP contribution >= 0.6 is 0 Å². The summed E-state index contributed by atoms with van der Waals surface area (Å²) in [5, 5.41) is 2.17. The zero-order valence-corrected chi connectivity index (χ0v) is 14.1. The Morgan fingerprint density at radius 1 is 1.26 bits per heavy atom. The summed E-state index contributed by atoms with van der Waals surface area (Å²) in [7, 11) is 0. The van der Waals surface area contributed by atoms with Crippen molar-refractivity contribution in [3.05, 3.63) is 52.9 Å². The van der Waals surface area contributed by atoms with Crippen molar-refractivity contribution in [2.45, 2.75) is 40.0 Å². The van der Waals surface area contributed by atoms with Crippen molar-refractivity contribution in [1.29, 1.82) is 0 Å². The van der Waals surface area contributed by atoms with Gasteiger partial charge in [-0.05, 0) is 57.2 Å². The fourth-order valence-corrected chi connectivity index (χ4v) is 3.17. The third kappa shape index (κ3) is 2.96. The van der Waals surface area contributed by atoms with E-state index in [0.29, 0.717) is 5.92 Å². The summed E-state index contributed by atoms with van der Waals surface area (Å²) < 4.78 is 0. The molecule has 0 amide bonds. The third-order valence-electron chi connectivity index (χ3n) is 4.60. The lowest BCUT2D eigenvalue weighted by Gasteiger charge is -2.27. The van der Waals surface area contributed by atoms with Gasteiger partial charge in [0.25, 0.3) is 0 Å².